The molecule has 1 aromatic heterocycles. The van der Waals surface area contributed by atoms with Crippen LogP contribution < -0.4 is 20.1 Å². The zero-order valence-corrected chi connectivity index (χ0v) is 25.9. The maximum Gasteiger partial charge on any atom is 0.255 e. The Morgan fingerprint density at radius 3 is 2.72 bits per heavy atom. The number of amides is 1. The van der Waals surface area contributed by atoms with Crippen molar-refractivity contribution in [2.45, 2.75) is 71.7 Å². The number of anilines is 2. The predicted octanol–water partition coefficient (Wildman–Crippen LogP) is 7.27. The molecule has 0 aliphatic carbocycles. The molecule has 1 aliphatic rings. The average Bonchev–Trinajstić information content (AvgIpc) is 3.29. The third kappa shape index (κ3) is 6.27. The Morgan fingerprint density at radius 2 is 2.03 bits per heavy atom. The number of hydrogen-bond acceptors (Lipinski definition) is 7. The van der Waals surface area contributed by atoms with Crippen LogP contribution >= 0.6 is 27.7 Å². The maximum absolute atomic E-state index is 14.0. The molecule has 8 nitrogen and oxygen atoms in total. The van der Waals surface area contributed by atoms with Crippen LogP contribution in [0.3, 0.4) is 0 Å². The summed E-state index contributed by atoms with van der Waals surface area (Å²) in [6.45, 7) is 12.0. The van der Waals surface area contributed by atoms with Gasteiger partial charge in [-0.25, -0.2) is 4.68 Å². The number of carbonyl (C=O) groups excluding carboxylic acids is 1. The molecule has 0 radical (unpaired) electrons. The molecular formula is C29H36BrN5O3S. The molecule has 2 heterocycles. The first-order valence-electron chi connectivity index (χ1n) is 13.1. The standard InChI is InChI=1S/C29H36BrN5O3S/c1-8-9-13-39-29-33-28-31-19(6)24(27(36)32-22-12-10-11-17(4)18(22)5)25(35(28)34-29)20-14-21(30)26(38-16(2)3)23(15-20)37-7/h10-12,14-16,25H,8-9,13H2,1-7H3,(H,32,36)(H,31,33,34). The first-order chi connectivity index (χ1) is 18.6. The summed E-state index contributed by atoms with van der Waals surface area (Å²) in [7, 11) is 1.61. The Labute approximate surface area is 243 Å². The van der Waals surface area contributed by atoms with Gasteiger partial charge in [0.25, 0.3) is 5.91 Å². The minimum atomic E-state index is -0.544. The van der Waals surface area contributed by atoms with E-state index in [4.69, 9.17) is 19.6 Å². The van der Waals surface area contributed by atoms with Crippen molar-refractivity contribution in [2.24, 2.45) is 0 Å². The molecule has 4 rings (SSSR count). The largest absolute Gasteiger partial charge is 0.493 e. The molecule has 1 atom stereocenters. The van der Waals surface area contributed by atoms with Crippen molar-refractivity contribution in [3.63, 3.8) is 0 Å². The number of allylic oxidation sites excluding steroid dienone is 1. The highest BCUT2D eigenvalue weighted by molar-refractivity contribution is 9.10. The van der Waals surface area contributed by atoms with Gasteiger partial charge in [0, 0.05) is 17.1 Å². The fraction of sp³-hybridized carbons (Fsp3) is 0.414. The molecule has 1 aliphatic heterocycles. The van der Waals surface area contributed by atoms with E-state index >= 15 is 0 Å². The summed E-state index contributed by atoms with van der Waals surface area (Å²) < 4.78 is 14.3. The summed E-state index contributed by atoms with van der Waals surface area (Å²) in [6, 6.07) is 9.22. The highest BCUT2D eigenvalue weighted by atomic mass is 79.9. The first kappa shape index (κ1) is 29.0. The van der Waals surface area contributed by atoms with Gasteiger partial charge in [-0.2, -0.15) is 4.98 Å². The van der Waals surface area contributed by atoms with Gasteiger partial charge in [0.05, 0.1) is 23.3 Å². The number of nitrogens with zero attached hydrogens (tertiary/aromatic N) is 3. The first-order valence-corrected chi connectivity index (χ1v) is 14.9. The fourth-order valence-corrected chi connectivity index (χ4v) is 5.89. The second kappa shape index (κ2) is 12.5. The summed E-state index contributed by atoms with van der Waals surface area (Å²) in [5.41, 5.74) is 4.99. The summed E-state index contributed by atoms with van der Waals surface area (Å²) >= 11 is 5.29. The topological polar surface area (TPSA) is 90.3 Å². The number of methoxy groups -OCH3 is 1. The average molecular weight is 615 g/mol. The number of fused-ring (bicyclic) bond motifs is 1. The van der Waals surface area contributed by atoms with E-state index in [0.717, 1.165) is 45.4 Å². The minimum absolute atomic E-state index is 0.0365. The number of ether oxygens (including phenoxy) is 2. The van der Waals surface area contributed by atoms with Gasteiger partial charge < -0.3 is 20.1 Å². The highest BCUT2D eigenvalue weighted by Crippen LogP contribution is 2.43. The Hall–Kier alpha value is -2.98. The Morgan fingerprint density at radius 1 is 1.26 bits per heavy atom. The number of unbranched alkanes of at least 4 members (excludes halogenated alkanes) is 1. The number of aryl methyl sites for hydroxylation is 1. The van der Waals surface area contributed by atoms with E-state index in [1.807, 2.05) is 65.0 Å². The normalized spacial score (nSPS) is 14.7. The van der Waals surface area contributed by atoms with Crippen molar-refractivity contribution in [3.05, 3.63) is 62.8 Å². The lowest BCUT2D eigenvalue weighted by Crippen LogP contribution is -2.31. The molecule has 1 amide bonds. The predicted molar refractivity (Wildman–Crippen MR) is 161 cm³/mol. The number of benzene rings is 2. The molecular weight excluding hydrogens is 578 g/mol. The second-order valence-electron chi connectivity index (χ2n) is 9.83. The van der Waals surface area contributed by atoms with Gasteiger partial charge in [0.15, 0.2) is 11.5 Å². The highest BCUT2D eigenvalue weighted by Gasteiger charge is 2.35. The summed E-state index contributed by atoms with van der Waals surface area (Å²) in [6.07, 6.45) is 2.14. The number of halogens is 1. The molecule has 2 N–H and O–H groups in total. The van der Waals surface area contributed by atoms with Crippen LogP contribution in [-0.4, -0.2) is 39.6 Å². The van der Waals surface area contributed by atoms with Gasteiger partial charge in [-0.05, 0) is 91.9 Å². The Balaban J connectivity index is 1.82. The lowest BCUT2D eigenvalue weighted by Gasteiger charge is -2.29. The van der Waals surface area contributed by atoms with E-state index in [0.29, 0.717) is 33.9 Å². The van der Waals surface area contributed by atoms with Crippen LogP contribution in [0.5, 0.6) is 11.5 Å². The molecule has 2 aromatic carbocycles. The molecule has 39 heavy (non-hydrogen) atoms. The van der Waals surface area contributed by atoms with Crippen molar-refractivity contribution >= 4 is 45.2 Å². The smallest absolute Gasteiger partial charge is 0.255 e. The number of hydrogen-bond donors (Lipinski definition) is 2. The molecule has 0 fully saturated rings. The van der Waals surface area contributed by atoms with Crippen LogP contribution in [0.25, 0.3) is 0 Å². The summed E-state index contributed by atoms with van der Waals surface area (Å²) in [5.74, 6) is 2.49. The molecule has 3 aromatic rings. The van der Waals surface area contributed by atoms with Crippen LogP contribution in [0.2, 0.25) is 0 Å². The quantitative estimate of drug-likeness (QED) is 0.183. The van der Waals surface area contributed by atoms with Crippen LogP contribution in [0.1, 0.15) is 63.3 Å². The molecule has 0 spiro atoms. The lowest BCUT2D eigenvalue weighted by atomic mass is 9.94. The van der Waals surface area contributed by atoms with E-state index in [2.05, 4.69) is 33.5 Å². The maximum atomic E-state index is 14.0. The van der Waals surface area contributed by atoms with Crippen molar-refractivity contribution in [1.29, 1.82) is 0 Å². The number of rotatable bonds is 10. The van der Waals surface area contributed by atoms with Gasteiger partial charge >= 0.3 is 0 Å². The lowest BCUT2D eigenvalue weighted by molar-refractivity contribution is -0.113. The SMILES string of the molecule is CCCCSc1nc2n(n1)C(c1cc(Br)c(OC(C)C)c(OC)c1)C(C(=O)Nc1cccc(C)c1C)=C(C)N2. The number of aromatic nitrogens is 3. The fourth-order valence-electron chi connectivity index (χ4n) is 4.43. The molecule has 0 saturated heterocycles. The van der Waals surface area contributed by atoms with Gasteiger partial charge in [0.2, 0.25) is 11.1 Å². The molecule has 10 heteroatoms. The monoisotopic (exact) mass is 613 g/mol. The molecule has 208 valence electrons. The minimum Gasteiger partial charge on any atom is -0.493 e. The van der Waals surface area contributed by atoms with Crippen molar-refractivity contribution in [1.82, 2.24) is 14.8 Å². The summed E-state index contributed by atoms with van der Waals surface area (Å²) in [4.78, 5) is 18.7. The van der Waals surface area contributed by atoms with Gasteiger partial charge in [-0.1, -0.05) is 37.2 Å². The van der Waals surface area contributed by atoms with Crippen molar-refractivity contribution in [2.75, 3.05) is 23.5 Å². The van der Waals surface area contributed by atoms with Gasteiger partial charge in [-0.3, -0.25) is 4.79 Å². The van der Waals surface area contributed by atoms with E-state index < -0.39 is 6.04 Å². The van der Waals surface area contributed by atoms with Crippen LogP contribution in [0.15, 0.2) is 51.2 Å². The van der Waals surface area contributed by atoms with E-state index in [-0.39, 0.29) is 12.0 Å². The van der Waals surface area contributed by atoms with Gasteiger partial charge in [0.1, 0.15) is 6.04 Å². The van der Waals surface area contributed by atoms with Crippen LogP contribution in [0.4, 0.5) is 11.6 Å². The summed E-state index contributed by atoms with van der Waals surface area (Å²) in [5, 5.41) is 12.0. The van der Waals surface area contributed by atoms with Crippen molar-refractivity contribution in [3.8, 4) is 11.5 Å². The van der Waals surface area contributed by atoms with E-state index in [1.165, 1.54) is 0 Å². The molecule has 1 unspecified atom stereocenters. The number of thioether (sulfide) groups is 1. The number of carbonyl (C=O) groups is 1. The van der Waals surface area contributed by atoms with Crippen LogP contribution in [-0.2, 0) is 4.79 Å². The zero-order valence-electron chi connectivity index (χ0n) is 23.5. The second-order valence-corrected chi connectivity index (χ2v) is 11.7. The van der Waals surface area contributed by atoms with Crippen LogP contribution in [0, 0.1) is 13.8 Å². The van der Waals surface area contributed by atoms with E-state index in [1.54, 1.807) is 23.6 Å². The number of nitrogens with one attached hydrogen (secondary N) is 2. The van der Waals surface area contributed by atoms with E-state index in [9.17, 15) is 4.79 Å². The van der Waals surface area contributed by atoms with Crippen molar-refractivity contribution < 1.29 is 14.3 Å². The third-order valence-corrected chi connectivity index (χ3v) is 8.09. The van der Waals surface area contributed by atoms with Gasteiger partial charge in [-0.15, -0.1) is 5.10 Å². The molecule has 0 saturated carbocycles. The third-order valence-electron chi connectivity index (χ3n) is 6.58. The Kier molecular flexibility index (Phi) is 9.27. The molecule has 0 bridgehead atoms. The Bertz CT molecular complexity index is 1400. The zero-order chi connectivity index (χ0) is 28.3.